The highest BCUT2D eigenvalue weighted by Gasteiger charge is 2.59. The van der Waals surface area contributed by atoms with Crippen molar-refractivity contribution in [3.05, 3.63) is 11.6 Å². The van der Waals surface area contributed by atoms with Gasteiger partial charge in [0.2, 0.25) is 5.91 Å². The number of hydrogen-bond acceptors (Lipinski definition) is 8. The van der Waals surface area contributed by atoms with Crippen LogP contribution in [0.5, 0.6) is 0 Å². The van der Waals surface area contributed by atoms with E-state index in [-0.39, 0.29) is 36.2 Å². The van der Waals surface area contributed by atoms with E-state index in [0.29, 0.717) is 30.8 Å². The topological polar surface area (TPSA) is 135 Å². The minimum absolute atomic E-state index is 0.0540. The Hall–Kier alpha value is -2.82. The van der Waals surface area contributed by atoms with Gasteiger partial charge in [0.1, 0.15) is 17.3 Å². The van der Waals surface area contributed by atoms with Gasteiger partial charge in [0.15, 0.2) is 0 Å². The molecule has 0 aromatic carbocycles. The number of carbonyl (C=O) groups excluding carboxylic acids is 4. The van der Waals surface area contributed by atoms with Crippen molar-refractivity contribution in [2.45, 2.75) is 241 Å². The Morgan fingerprint density at radius 3 is 1.98 bits per heavy atom. The maximum absolute atomic E-state index is 13.8. The van der Waals surface area contributed by atoms with Crippen molar-refractivity contribution < 1.29 is 33.4 Å². The van der Waals surface area contributed by atoms with Gasteiger partial charge >= 0.3 is 18.2 Å². The van der Waals surface area contributed by atoms with Crippen LogP contribution in [0.2, 0.25) is 0 Å². The Kier molecular flexibility index (Phi) is 19.6. The van der Waals surface area contributed by atoms with Crippen molar-refractivity contribution in [3.8, 4) is 0 Å². The number of nitrogens with zero attached hydrogens (tertiary/aromatic N) is 1. The SMILES string of the molecule is CC(C)CCCC(C)C1CCC2[C@@H]3CC=C4C[C@@H](OC(=O)CCC(=O)N(CCCCNCCC(C)(C)NC(=O)OC(C)(C)C)CCC(C)(C)NC(=O)OC(C)(C)C)CC[C@]4(C)C3CC[C@]12C. The third-order valence-corrected chi connectivity index (χ3v) is 16.1. The van der Waals surface area contributed by atoms with E-state index >= 15 is 0 Å². The molecule has 0 saturated heterocycles. The van der Waals surface area contributed by atoms with Gasteiger partial charge in [-0.15, -0.1) is 0 Å². The summed E-state index contributed by atoms with van der Waals surface area (Å²) in [5.41, 5.74) is -0.0709. The molecule has 0 heterocycles. The molecule has 0 aromatic rings. The summed E-state index contributed by atoms with van der Waals surface area (Å²) >= 11 is 0. The smallest absolute Gasteiger partial charge is 0.408 e. The lowest BCUT2D eigenvalue weighted by Crippen LogP contribution is -2.51. The molecule has 11 heteroatoms. The highest BCUT2D eigenvalue weighted by molar-refractivity contribution is 5.81. The largest absolute Gasteiger partial charge is 0.462 e. The van der Waals surface area contributed by atoms with E-state index in [0.717, 1.165) is 81.2 Å². The first-order valence-electron chi connectivity index (χ1n) is 26.4. The molecule has 0 radical (unpaired) electrons. The molecule has 4 aliphatic rings. The Morgan fingerprint density at radius 2 is 1.36 bits per heavy atom. The van der Waals surface area contributed by atoms with Gasteiger partial charge in [-0.1, -0.05) is 65.5 Å². The summed E-state index contributed by atoms with van der Waals surface area (Å²) in [7, 11) is 0. The maximum Gasteiger partial charge on any atom is 0.408 e. The second kappa shape index (κ2) is 23.2. The molecule has 4 unspecified atom stereocenters. The van der Waals surface area contributed by atoms with Crippen LogP contribution < -0.4 is 16.0 Å². The van der Waals surface area contributed by atoms with Crippen molar-refractivity contribution in [1.29, 1.82) is 0 Å². The molecule has 3 N–H and O–H groups in total. The lowest BCUT2D eigenvalue weighted by Gasteiger charge is -2.58. The first kappa shape index (κ1) is 55.8. The Balaban J connectivity index is 1.28. The molecule has 3 fully saturated rings. The molecule has 66 heavy (non-hydrogen) atoms. The van der Waals surface area contributed by atoms with Crippen LogP contribution in [0.3, 0.4) is 0 Å². The summed E-state index contributed by atoms with van der Waals surface area (Å²) in [5, 5.41) is 9.40. The molecule has 0 spiro atoms. The number of nitrogens with one attached hydrogen (secondary N) is 3. The Bertz CT molecular complexity index is 1640. The average Bonchev–Trinajstić information content (AvgIpc) is 3.53. The normalized spacial score (nSPS) is 27.2. The van der Waals surface area contributed by atoms with Crippen LogP contribution in [-0.2, 0) is 23.8 Å². The standard InChI is InChI=1S/C55H98N4O7/c1-38(2)19-18-20-39(3)43-23-24-44-42-22-21-40-37-41(27-29-54(40,14)45(42)28-30-55(43,44)15)64-47(61)26-25-46(60)59(36-32-53(12,13)58-49(63)66-51(7,8)9)35-17-16-33-56-34-31-52(10,11)57-48(62)65-50(4,5)6/h21,38-39,41-45,56H,16-20,22-37H2,1-15H3,(H,57,62)(H,58,63)/t39?,41-,42-,43?,44?,45?,54-,55+/m0/s1. The highest BCUT2D eigenvalue weighted by atomic mass is 16.6. The summed E-state index contributed by atoms with van der Waals surface area (Å²) < 4.78 is 17.1. The van der Waals surface area contributed by atoms with E-state index in [1.807, 2.05) is 74.1 Å². The molecule has 4 rings (SSSR count). The van der Waals surface area contributed by atoms with E-state index in [4.69, 9.17) is 14.2 Å². The van der Waals surface area contributed by atoms with Crippen LogP contribution in [0.1, 0.15) is 213 Å². The zero-order valence-electron chi connectivity index (χ0n) is 44.8. The van der Waals surface area contributed by atoms with Crippen molar-refractivity contribution in [2.75, 3.05) is 26.2 Å². The number of unbranched alkanes of at least 4 members (excludes halogenated alkanes) is 1. The molecule has 3 amide bonds. The van der Waals surface area contributed by atoms with Crippen LogP contribution in [0.25, 0.3) is 0 Å². The van der Waals surface area contributed by atoms with Gasteiger partial charge < -0.3 is 35.1 Å². The molecule has 8 atom stereocenters. The van der Waals surface area contributed by atoms with Crippen molar-refractivity contribution in [2.24, 2.45) is 46.3 Å². The van der Waals surface area contributed by atoms with Crippen LogP contribution in [0.15, 0.2) is 11.6 Å². The minimum atomic E-state index is -0.619. The molecule has 3 saturated carbocycles. The lowest BCUT2D eigenvalue weighted by atomic mass is 9.47. The zero-order chi connectivity index (χ0) is 49.3. The number of fused-ring (bicyclic) bond motifs is 5. The fourth-order valence-corrected chi connectivity index (χ4v) is 12.5. The van der Waals surface area contributed by atoms with E-state index in [1.165, 1.54) is 56.9 Å². The number of ether oxygens (including phenoxy) is 3. The average molecular weight is 927 g/mol. The summed E-state index contributed by atoms with van der Waals surface area (Å²) in [6.07, 6.45) is 18.0. The van der Waals surface area contributed by atoms with E-state index in [9.17, 15) is 19.2 Å². The summed E-state index contributed by atoms with van der Waals surface area (Å²) in [6, 6.07) is 0. The zero-order valence-corrected chi connectivity index (χ0v) is 44.8. The van der Waals surface area contributed by atoms with Crippen molar-refractivity contribution in [1.82, 2.24) is 20.9 Å². The minimum Gasteiger partial charge on any atom is -0.462 e. The fraction of sp³-hybridized carbons (Fsp3) is 0.891. The van der Waals surface area contributed by atoms with Gasteiger partial charge in [-0.3, -0.25) is 9.59 Å². The van der Waals surface area contributed by atoms with Crippen LogP contribution in [0.4, 0.5) is 9.59 Å². The van der Waals surface area contributed by atoms with Crippen LogP contribution in [-0.4, -0.2) is 83.5 Å². The second-order valence-corrected chi connectivity index (χ2v) is 25.5. The van der Waals surface area contributed by atoms with Gasteiger partial charge in [-0.2, -0.15) is 0 Å². The Labute approximate surface area is 402 Å². The molecule has 0 bridgehead atoms. The number of rotatable bonds is 22. The predicted octanol–water partition coefficient (Wildman–Crippen LogP) is 12.3. The number of allylic oxidation sites excluding steroid dienone is 1. The van der Waals surface area contributed by atoms with Crippen molar-refractivity contribution in [3.63, 3.8) is 0 Å². The van der Waals surface area contributed by atoms with E-state index in [2.05, 4.69) is 56.6 Å². The molecule has 380 valence electrons. The number of amides is 3. The number of alkyl carbamates (subject to hydrolysis) is 2. The van der Waals surface area contributed by atoms with Gasteiger partial charge in [0.05, 0.1) is 6.42 Å². The van der Waals surface area contributed by atoms with Gasteiger partial charge in [-0.05, 0) is 199 Å². The summed E-state index contributed by atoms with van der Waals surface area (Å²) in [4.78, 5) is 54.1. The summed E-state index contributed by atoms with van der Waals surface area (Å²) in [5.74, 6) is 4.38. The number of esters is 1. The van der Waals surface area contributed by atoms with E-state index in [1.54, 1.807) is 0 Å². The molecular formula is C55H98N4O7. The van der Waals surface area contributed by atoms with Crippen LogP contribution >= 0.6 is 0 Å². The number of hydrogen-bond donors (Lipinski definition) is 3. The fourth-order valence-electron chi connectivity index (χ4n) is 12.5. The third-order valence-electron chi connectivity index (χ3n) is 16.1. The molecular weight excluding hydrogens is 829 g/mol. The quantitative estimate of drug-likeness (QED) is 0.0423. The molecule has 11 nitrogen and oxygen atoms in total. The molecule has 4 aliphatic carbocycles. The molecule has 0 aliphatic heterocycles. The first-order valence-corrected chi connectivity index (χ1v) is 26.4. The highest BCUT2D eigenvalue weighted by Crippen LogP contribution is 2.67. The monoisotopic (exact) mass is 927 g/mol. The first-order chi connectivity index (χ1) is 30.5. The van der Waals surface area contributed by atoms with Gasteiger partial charge in [-0.25, -0.2) is 9.59 Å². The maximum atomic E-state index is 13.8. The second-order valence-electron chi connectivity index (χ2n) is 25.5. The van der Waals surface area contributed by atoms with Crippen LogP contribution in [0, 0.1) is 46.3 Å². The summed E-state index contributed by atoms with van der Waals surface area (Å²) in [6.45, 7) is 33.8. The van der Waals surface area contributed by atoms with Crippen molar-refractivity contribution >= 4 is 24.1 Å². The third kappa shape index (κ3) is 16.7. The number of carbonyl (C=O) groups is 4. The van der Waals surface area contributed by atoms with Gasteiger partial charge in [0.25, 0.3) is 0 Å². The lowest BCUT2D eigenvalue weighted by molar-refractivity contribution is -0.153. The van der Waals surface area contributed by atoms with Gasteiger partial charge in [0, 0.05) is 37.0 Å². The van der Waals surface area contributed by atoms with E-state index < -0.39 is 34.5 Å². The Morgan fingerprint density at radius 1 is 0.727 bits per heavy atom. The predicted molar refractivity (Wildman–Crippen MR) is 267 cm³/mol. The molecule has 0 aromatic heterocycles.